The van der Waals surface area contributed by atoms with Gasteiger partial charge in [0, 0.05) is 20.1 Å². The molecule has 0 aliphatic rings. The summed E-state index contributed by atoms with van der Waals surface area (Å²) in [7, 11) is -0.332. The molecule has 0 radical (unpaired) electrons. The fourth-order valence-electron chi connectivity index (χ4n) is 1.35. The Morgan fingerprint density at radius 1 is 1.38 bits per heavy atom. The van der Waals surface area contributed by atoms with Gasteiger partial charge in [-0.15, -0.1) is 0 Å². The molecule has 0 saturated heterocycles. The van der Waals surface area contributed by atoms with E-state index >= 15 is 0 Å². The van der Waals surface area contributed by atoms with E-state index in [2.05, 4.69) is 0 Å². The molecule has 5 heteroatoms. The van der Waals surface area contributed by atoms with Crippen molar-refractivity contribution in [3.05, 3.63) is 29.8 Å². The Labute approximate surface area is 97.1 Å². The van der Waals surface area contributed by atoms with Crippen LogP contribution < -0.4 is 5.73 Å². The number of nitrogens with two attached hydrogens (primary N) is 1. The third kappa shape index (κ3) is 2.61. The van der Waals surface area contributed by atoms with Crippen LogP contribution in [0.25, 0.3) is 0 Å². The van der Waals surface area contributed by atoms with Gasteiger partial charge in [0.15, 0.2) is 0 Å². The van der Waals surface area contributed by atoms with Crippen LogP contribution in [0.1, 0.15) is 24.9 Å². The third-order valence-corrected chi connectivity index (χ3v) is 4.32. The maximum Gasteiger partial charge on any atom is 0.242 e. The van der Waals surface area contributed by atoms with Crippen LogP contribution in [0.15, 0.2) is 29.2 Å². The molecule has 0 aliphatic carbocycles. The Morgan fingerprint density at radius 3 is 2.50 bits per heavy atom. The Hall–Kier alpha value is -0.910. The first-order valence-electron chi connectivity index (χ1n) is 5.17. The SMILES string of the molecule is CCC(N)c1cccc(S(=O)(=O)N(C)C)c1. The Balaban J connectivity index is 3.18. The van der Waals surface area contributed by atoms with Gasteiger partial charge in [0.1, 0.15) is 0 Å². The van der Waals surface area contributed by atoms with E-state index < -0.39 is 10.0 Å². The molecule has 1 aromatic rings. The lowest BCUT2D eigenvalue weighted by Gasteiger charge is -2.14. The Kier molecular flexibility index (Phi) is 4.07. The zero-order valence-electron chi connectivity index (χ0n) is 9.84. The van der Waals surface area contributed by atoms with Crippen molar-refractivity contribution in [1.29, 1.82) is 0 Å². The second kappa shape index (κ2) is 4.95. The zero-order chi connectivity index (χ0) is 12.3. The second-order valence-corrected chi connectivity index (χ2v) is 6.03. The molecule has 1 aromatic carbocycles. The summed E-state index contributed by atoms with van der Waals surface area (Å²) in [5.74, 6) is 0. The van der Waals surface area contributed by atoms with Crippen LogP contribution in [0.2, 0.25) is 0 Å². The predicted octanol–water partition coefficient (Wildman–Crippen LogP) is 1.35. The van der Waals surface area contributed by atoms with Crippen molar-refractivity contribution in [2.75, 3.05) is 14.1 Å². The van der Waals surface area contributed by atoms with Gasteiger partial charge in [-0.1, -0.05) is 19.1 Å². The van der Waals surface area contributed by atoms with E-state index in [4.69, 9.17) is 5.73 Å². The van der Waals surface area contributed by atoms with Crippen LogP contribution in [0.5, 0.6) is 0 Å². The summed E-state index contributed by atoms with van der Waals surface area (Å²) in [5.41, 5.74) is 6.73. The molecule has 0 amide bonds. The van der Waals surface area contributed by atoms with Gasteiger partial charge in [-0.2, -0.15) is 0 Å². The van der Waals surface area contributed by atoms with E-state index in [9.17, 15) is 8.42 Å². The van der Waals surface area contributed by atoms with Crippen molar-refractivity contribution in [2.45, 2.75) is 24.3 Å². The van der Waals surface area contributed by atoms with E-state index in [1.54, 1.807) is 18.2 Å². The Bertz CT molecular complexity index is 455. The van der Waals surface area contributed by atoms with Crippen molar-refractivity contribution >= 4 is 10.0 Å². The first kappa shape index (κ1) is 13.2. The van der Waals surface area contributed by atoms with Crippen LogP contribution in [-0.2, 0) is 10.0 Å². The maximum atomic E-state index is 11.9. The zero-order valence-corrected chi connectivity index (χ0v) is 10.7. The second-order valence-electron chi connectivity index (χ2n) is 3.87. The molecule has 0 spiro atoms. The maximum absolute atomic E-state index is 11.9. The van der Waals surface area contributed by atoms with Gasteiger partial charge in [-0.3, -0.25) is 0 Å². The average Bonchev–Trinajstić information content (AvgIpc) is 2.28. The topological polar surface area (TPSA) is 63.4 Å². The number of benzene rings is 1. The van der Waals surface area contributed by atoms with Crippen molar-refractivity contribution in [3.63, 3.8) is 0 Å². The van der Waals surface area contributed by atoms with Crippen LogP contribution >= 0.6 is 0 Å². The molecule has 1 rings (SSSR count). The molecule has 4 nitrogen and oxygen atoms in total. The van der Waals surface area contributed by atoms with Crippen LogP contribution in [0.3, 0.4) is 0 Å². The van der Waals surface area contributed by atoms with Crippen LogP contribution in [0.4, 0.5) is 0 Å². The highest BCUT2D eigenvalue weighted by molar-refractivity contribution is 7.89. The number of nitrogens with zero attached hydrogens (tertiary/aromatic N) is 1. The lowest BCUT2D eigenvalue weighted by atomic mass is 10.1. The highest BCUT2D eigenvalue weighted by Crippen LogP contribution is 2.19. The molecule has 16 heavy (non-hydrogen) atoms. The van der Waals surface area contributed by atoms with Crippen LogP contribution in [0, 0.1) is 0 Å². The molecule has 0 aliphatic heterocycles. The van der Waals surface area contributed by atoms with Crippen molar-refractivity contribution < 1.29 is 8.42 Å². The summed E-state index contributed by atoms with van der Waals surface area (Å²) >= 11 is 0. The first-order valence-corrected chi connectivity index (χ1v) is 6.61. The molecular formula is C11H18N2O2S. The molecule has 90 valence electrons. The van der Waals surface area contributed by atoms with Gasteiger partial charge in [-0.05, 0) is 24.1 Å². The van der Waals surface area contributed by atoms with E-state index in [-0.39, 0.29) is 6.04 Å². The molecule has 0 bridgehead atoms. The van der Waals surface area contributed by atoms with E-state index in [1.165, 1.54) is 18.4 Å². The van der Waals surface area contributed by atoms with Crippen molar-refractivity contribution in [1.82, 2.24) is 4.31 Å². The Morgan fingerprint density at radius 2 is 2.00 bits per heavy atom. The summed E-state index contributed by atoms with van der Waals surface area (Å²) in [5, 5.41) is 0. The minimum absolute atomic E-state index is 0.114. The molecule has 0 heterocycles. The first-order chi connectivity index (χ1) is 7.39. The van der Waals surface area contributed by atoms with Gasteiger partial charge in [0.25, 0.3) is 0 Å². The largest absolute Gasteiger partial charge is 0.324 e. The summed E-state index contributed by atoms with van der Waals surface area (Å²) < 4.78 is 25.0. The summed E-state index contributed by atoms with van der Waals surface area (Å²) in [6.45, 7) is 1.97. The van der Waals surface area contributed by atoms with E-state index in [1.807, 2.05) is 13.0 Å². The minimum atomic E-state index is -3.36. The van der Waals surface area contributed by atoms with Gasteiger partial charge < -0.3 is 5.73 Å². The summed E-state index contributed by atoms with van der Waals surface area (Å²) in [6, 6.07) is 6.69. The van der Waals surface area contributed by atoms with Gasteiger partial charge in [0.05, 0.1) is 4.90 Å². The molecule has 0 fully saturated rings. The number of sulfonamides is 1. The third-order valence-electron chi connectivity index (χ3n) is 2.50. The van der Waals surface area contributed by atoms with E-state index in [0.717, 1.165) is 12.0 Å². The molecule has 0 aromatic heterocycles. The monoisotopic (exact) mass is 242 g/mol. The van der Waals surface area contributed by atoms with Crippen molar-refractivity contribution in [3.8, 4) is 0 Å². The summed E-state index contributed by atoms with van der Waals surface area (Å²) in [4.78, 5) is 0.291. The van der Waals surface area contributed by atoms with Gasteiger partial charge in [0.2, 0.25) is 10.0 Å². The predicted molar refractivity (Wildman–Crippen MR) is 64.5 cm³/mol. The molecule has 2 N–H and O–H groups in total. The minimum Gasteiger partial charge on any atom is -0.324 e. The highest BCUT2D eigenvalue weighted by atomic mass is 32.2. The number of rotatable bonds is 4. The smallest absolute Gasteiger partial charge is 0.242 e. The molecule has 1 unspecified atom stereocenters. The fraction of sp³-hybridized carbons (Fsp3) is 0.455. The molecule has 0 saturated carbocycles. The highest BCUT2D eigenvalue weighted by Gasteiger charge is 2.17. The summed E-state index contributed by atoms with van der Waals surface area (Å²) in [6.07, 6.45) is 0.783. The quantitative estimate of drug-likeness (QED) is 0.866. The van der Waals surface area contributed by atoms with Gasteiger partial charge in [-0.25, -0.2) is 12.7 Å². The van der Waals surface area contributed by atoms with E-state index in [0.29, 0.717) is 4.90 Å². The lowest BCUT2D eigenvalue weighted by molar-refractivity contribution is 0.520. The van der Waals surface area contributed by atoms with Gasteiger partial charge >= 0.3 is 0 Å². The lowest BCUT2D eigenvalue weighted by Crippen LogP contribution is -2.22. The average molecular weight is 242 g/mol. The fourth-order valence-corrected chi connectivity index (χ4v) is 2.31. The normalized spacial score (nSPS) is 14.1. The molecule has 1 atom stereocenters. The standard InChI is InChI=1S/C11H18N2O2S/c1-4-11(12)9-6-5-7-10(8-9)16(14,15)13(2)3/h5-8,11H,4,12H2,1-3H3. The van der Waals surface area contributed by atoms with Crippen molar-refractivity contribution in [2.24, 2.45) is 5.73 Å². The number of hydrogen-bond donors (Lipinski definition) is 1. The molecular weight excluding hydrogens is 224 g/mol. The van der Waals surface area contributed by atoms with Crippen LogP contribution in [-0.4, -0.2) is 26.8 Å². The number of hydrogen-bond acceptors (Lipinski definition) is 3.